The molecule has 0 spiro atoms. The number of piperidine rings is 1. The number of ether oxygens (including phenoxy) is 8. The van der Waals surface area contributed by atoms with E-state index in [2.05, 4.69) is 26.3 Å². The van der Waals surface area contributed by atoms with Gasteiger partial charge in [-0.1, -0.05) is 47.1 Å². The second-order valence-corrected chi connectivity index (χ2v) is 40.0. The van der Waals surface area contributed by atoms with Gasteiger partial charge in [0.2, 0.25) is 47.1 Å². The second kappa shape index (κ2) is 42.4. The van der Waals surface area contributed by atoms with Crippen LogP contribution in [-0.4, -0.2) is 217 Å². The Balaban J connectivity index is 0.000000318. The van der Waals surface area contributed by atoms with E-state index in [1.807, 2.05) is 92.7 Å². The average Bonchev–Trinajstić information content (AvgIpc) is 1.52. The normalized spacial score (nSPS) is 30.9. The molecule has 39 nitrogen and oxygen atoms in total. The van der Waals surface area contributed by atoms with E-state index < -0.39 is 167 Å². The number of carbonyl (C=O) groups excluding carboxylic acids is 9. The Labute approximate surface area is 806 Å². The third kappa shape index (κ3) is 20.7. The molecular formula is C96H128CoN16O23P. The zero-order valence-corrected chi connectivity index (χ0v) is 82.4. The molecule has 41 heteroatoms. The van der Waals surface area contributed by atoms with Crippen LogP contribution in [0.15, 0.2) is 98.1 Å². The summed E-state index contributed by atoms with van der Waals surface area (Å²) in [6.07, 6.45) is -3.87. The molecule has 5 aromatic rings. The van der Waals surface area contributed by atoms with Gasteiger partial charge in [0.05, 0.1) is 83.1 Å². The molecule has 2 unspecified atom stereocenters. The van der Waals surface area contributed by atoms with Gasteiger partial charge in [-0.25, -0.2) is 9.78 Å². The first-order valence-electron chi connectivity index (χ1n) is 45.6. The van der Waals surface area contributed by atoms with Crippen LogP contribution >= 0.6 is 7.82 Å². The summed E-state index contributed by atoms with van der Waals surface area (Å²) in [5.74, 6) is -6.96. The van der Waals surface area contributed by atoms with Crippen molar-refractivity contribution >= 4 is 100 Å². The summed E-state index contributed by atoms with van der Waals surface area (Å²) in [4.78, 5) is 161. The fourth-order valence-electron chi connectivity index (χ4n) is 23.1. The van der Waals surface area contributed by atoms with Crippen molar-refractivity contribution in [3.63, 3.8) is 0 Å². The van der Waals surface area contributed by atoms with E-state index in [4.69, 9.17) is 113 Å². The number of benzene rings is 3. The SMILES string of the molecule is C/C1=C2N=C(/C=C3N=C(/C(C)=C4\[N-][C@@](C)([C@@H]5N=C1[C@](C)(CCC(=O)NCC(C)OP(=O)([O-])O[C@H]1[C@@H](O)[C@@H](n6cnc7cc(C)c(C)cc76)O[C@@H]1CO)[C@H]5CC(N)=O)[C@@](C)(CC(N)=O)[C@@H]4CCC(N)=O)[C@@](C)(CC(N)=O)[C@@H]\3CCC(N)=O)C(C)(C)[C@@H]/2CCC(N)=O.COC(=O)[C@H]1[C@H]2C[C@@H]3c4[nH]c5cc(OC)ccc5c4CCN3C[C@H]2C[C@@H](OC(=O)c2cc(OC)c(OC)c(OC)c2)[C@@H]1OC.[C-]#N.[Co+3]. The number of phosphoric acid groups is 1. The van der Waals surface area contributed by atoms with E-state index in [-0.39, 0.29) is 123 Å². The fraction of sp³-hybridized carbons (Fsp3) is 0.583. The van der Waals surface area contributed by atoms with Crippen LogP contribution in [0.3, 0.4) is 0 Å². The van der Waals surface area contributed by atoms with Crippen LogP contribution in [0.2, 0.25) is 0 Å². The number of nitrogens with zero attached hydrogens (tertiary/aromatic N) is 8. The maximum absolute atomic E-state index is 14.4. The van der Waals surface area contributed by atoms with Crippen molar-refractivity contribution in [1.82, 2.24) is 24.8 Å². The molecular weight excluding hydrogens is 1840 g/mol. The Kier molecular flexibility index (Phi) is 32.9. The van der Waals surface area contributed by atoms with Crippen molar-refractivity contribution < 1.29 is 127 Å². The molecule has 21 atom stereocenters. The van der Waals surface area contributed by atoms with Crippen LogP contribution in [0.1, 0.15) is 191 Å². The first kappa shape index (κ1) is 106. The van der Waals surface area contributed by atoms with Gasteiger partial charge in [-0.15, -0.1) is 0 Å². The molecule has 9 aliphatic rings. The van der Waals surface area contributed by atoms with Crippen LogP contribution in [0.4, 0.5) is 0 Å². The smallest absolute Gasteiger partial charge is 0.756 e. The van der Waals surface area contributed by atoms with Crippen molar-refractivity contribution in [2.75, 3.05) is 68.9 Å². The zero-order chi connectivity index (χ0) is 99.8. The number of phosphoric ester groups is 1. The van der Waals surface area contributed by atoms with E-state index in [1.165, 1.54) is 62.9 Å². The predicted molar refractivity (Wildman–Crippen MR) is 497 cm³/mol. The summed E-state index contributed by atoms with van der Waals surface area (Å²) in [7, 11) is 3.78. The molecule has 7 amide bonds. The van der Waals surface area contributed by atoms with E-state index in [1.54, 1.807) is 33.3 Å². The van der Waals surface area contributed by atoms with Gasteiger partial charge in [-0.3, -0.25) is 62.8 Å². The van der Waals surface area contributed by atoms with Crippen molar-refractivity contribution in [2.45, 2.75) is 227 Å². The first-order valence-corrected chi connectivity index (χ1v) is 47.1. The Hall–Kier alpha value is -11.0. The number of nitrogens with two attached hydrogens (primary N) is 6. The number of aliphatic hydroxyl groups is 2. The molecule has 0 radical (unpaired) electrons. The number of carbonyl (C=O) groups is 9. The summed E-state index contributed by atoms with van der Waals surface area (Å²) >= 11 is 0. The first-order chi connectivity index (χ1) is 64.2. The number of methoxy groups -OCH3 is 6. The standard InChI is InChI=1S/C62H90N13O14P.C33H40N2O9.CN.Co/c1-29-20-39-40(21-30(29)2)75(28-70-39)57-52(84)53(41(27-76)87-57)89-90(85,86)88-31(3)26-69-49(83)18-19-59(8)37(22-46(66)80)56-62(11)61(10,25-48(68)82)36(14-17-45(65)79)51(74-62)33(5)55-60(9,24-47(67)81)34(12-15-43(63)77)38(71-55)23-42-58(6,7)35(13-16-44(64)78)50(72-42)32(4)54(59)73-56;1-38-19-7-8-20-21-9-10-35-16-18-13-27(44-32(36)17-11-25(39-2)30(41-4)26(12-17)40-3)31(42-5)28(33(37)43-6)22(18)15-24(35)29(21)34-23(20)14-19;1-2;/h20-21,23,28,31,34-37,41,52-53,56-57,76,84H,12-19,22,24-27H2,1-11H3,(H15,63,64,65,66,67,68,69,71,72,73,74,77,78,79,80,81,82,83,85,86);7-8,11-12,14,18,22,24,27-28,31,34H,9-10,13,15-16H2,1-6H3;;/q;;-1;+3/p-2/t31?,34-,35-,36-,37+,41-,52-,53-,56-,57+,59-,60+,61+,62+;18-,22+,24-,27-,28+,31+;;/m11../s1. The Morgan fingerprint density at radius 2 is 1.39 bits per heavy atom. The fourth-order valence-corrected chi connectivity index (χ4v) is 24.2. The Bertz CT molecular complexity index is 5760. The number of aliphatic hydroxyl groups excluding tert-OH is 2. The maximum atomic E-state index is 14.4. The average molecular weight is 1960 g/mol. The minimum absolute atomic E-state index is 0. The van der Waals surface area contributed by atoms with Crippen LogP contribution in [-0.2, 0) is 94.1 Å². The number of allylic oxidation sites excluding steroid dienone is 6. The number of amides is 7. The topological polar surface area (TPSA) is 606 Å². The minimum Gasteiger partial charge on any atom is -0.756 e. The number of aromatic amines is 1. The third-order valence-corrected chi connectivity index (χ3v) is 31.4. The van der Waals surface area contributed by atoms with Crippen LogP contribution in [0.5, 0.6) is 23.0 Å². The molecule has 137 heavy (non-hydrogen) atoms. The van der Waals surface area contributed by atoms with Crippen molar-refractivity contribution in [3.05, 3.63) is 123 Å². The summed E-state index contributed by atoms with van der Waals surface area (Å²) in [5.41, 5.74) is 40.5. The van der Waals surface area contributed by atoms with Crippen LogP contribution in [0.25, 0.3) is 27.3 Å². The number of nitrogens with one attached hydrogen (secondary N) is 2. The Morgan fingerprint density at radius 1 is 0.759 bits per heavy atom. The molecule has 8 aliphatic heterocycles. The van der Waals surface area contributed by atoms with Gasteiger partial charge in [-0.05, 0) is 179 Å². The molecule has 1 saturated carbocycles. The number of hydrogen-bond acceptors (Lipinski definition) is 29. The van der Waals surface area contributed by atoms with E-state index in [9.17, 15) is 62.8 Å². The van der Waals surface area contributed by atoms with Crippen LogP contribution in [0, 0.1) is 88.8 Å². The molecule has 3 saturated heterocycles. The molecule has 744 valence electrons. The number of fused-ring (bicyclic) bond motifs is 13. The molecule has 8 bridgehead atoms. The number of aromatic nitrogens is 3. The van der Waals surface area contributed by atoms with E-state index in [0.29, 0.717) is 80.1 Å². The van der Waals surface area contributed by atoms with Gasteiger partial charge in [-0.2, -0.15) is 5.70 Å². The molecule has 3 aromatic carbocycles. The number of esters is 2. The number of aliphatic imine (C=N–C) groups is 3. The van der Waals surface area contributed by atoms with E-state index in [0.717, 1.165) is 48.3 Å². The summed E-state index contributed by atoms with van der Waals surface area (Å²) in [6.45, 7) is 25.4. The molecule has 16 N–H and O–H groups in total. The number of hydrogen-bond donors (Lipinski definition) is 10. The molecule has 2 aromatic heterocycles. The third-order valence-electron chi connectivity index (χ3n) is 30.2. The van der Waals surface area contributed by atoms with Crippen LogP contribution < -0.4 is 63.6 Å². The monoisotopic (exact) mass is 1960 g/mol. The van der Waals surface area contributed by atoms with Gasteiger partial charge >= 0.3 is 28.7 Å². The van der Waals surface area contributed by atoms with Crippen molar-refractivity contribution in [2.24, 2.45) is 112 Å². The van der Waals surface area contributed by atoms with E-state index >= 15 is 0 Å². The number of imidazole rings is 1. The number of primary amides is 6. The minimum atomic E-state index is -5.32. The van der Waals surface area contributed by atoms with Gasteiger partial charge in [0.15, 0.2) is 17.7 Å². The molecule has 14 rings (SSSR count). The second-order valence-electron chi connectivity index (χ2n) is 38.7. The number of rotatable bonds is 34. The molecule has 1 aliphatic carbocycles. The van der Waals surface area contributed by atoms with Gasteiger partial charge < -0.3 is 128 Å². The quantitative estimate of drug-likeness (QED) is 0.0108. The summed E-state index contributed by atoms with van der Waals surface area (Å²) < 4.78 is 71.0. The number of H-pyrrole nitrogens is 1. The maximum Gasteiger partial charge on any atom is 3.00 e. The van der Waals surface area contributed by atoms with Gasteiger partial charge in [0.1, 0.15) is 36.3 Å². The van der Waals surface area contributed by atoms with Gasteiger partial charge in [0.25, 0.3) is 7.82 Å². The molecule has 10 heterocycles. The Morgan fingerprint density at radius 3 is 1.99 bits per heavy atom. The summed E-state index contributed by atoms with van der Waals surface area (Å²) in [5, 5.41) is 37.6. The van der Waals surface area contributed by atoms with Crippen molar-refractivity contribution in [1.29, 1.82) is 5.26 Å². The number of aryl methyl sites for hydroxylation is 2. The molecule has 4 fully saturated rings. The van der Waals surface area contributed by atoms with Crippen molar-refractivity contribution in [3.8, 4) is 23.0 Å². The predicted octanol–water partition coefficient (Wildman–Crippen LogP) is 7.58. The summed E-state index contributed by atoms with van der Waals surface area (Å²) in [6, 6.07) is 12.1. The van der Waals surface area contributed by atoms with Gasteiger partial charge in [0, 0.05) is 157 Å². The largest absolute Gasteiger partial charge is 3.00 e. The zero-order valence-electron chi connectivity index (χ0n) is 80.5.